The van der Waals surface area contributed by atoms with Gasteiger partial charge in [-0.3, -0.25) is 19.8 Å². The van der Waals surface area contributed by atoms with Crippen molar-refractivity contribution in [1.82, 2.24) is 10.2 Å². The van der Waals surface area contributed by atoms with Crippen LogP contribution in [0.3, 0.4) is 0 Å². The van der Waals surface area contributed by atoms with E-state index < -0.39 is 11.8 Å². The van der Waals surface area contributed by atoms with Gasteiger partial charge in [0.2, 0.25) is 0 Å². The molecule has 2 aromatic carbocycles. The lowest BCUT2D eigenvalue weighted by Gasteiger charge is -2.27. The number of hydrogen-bond acceptors (Lipinski definition) is 4. The van der Waals surface area contributed by atoms with Crippen LogP contribution in [-0.2, 0) is 9.59 Å². The van der Waals surface area contributed by atoms with Gasteiger partial charge in [0, 0.05) is 11.9 Å². The Hall–Kier alpha value is -2.99. The van der Waals surface area contributed by atoms with Crippen LogP contribution in [0, 0.1) is 0 Å². The van der Waals surface area contributed by atoms with E-state index in [2.05, 4.69) is 11.9 Å². The molecule has 1 fully saturated rings. The maximum Gasteiger partial charge on any atom is 0.265 e. The molecule has 2 aromatic rings. The van der Waals surface area contributed by atoms with Crippen molar-refractivity contribution in [3.63, 3.8) is 0 Å². The summed E-state index contributed by atoms with van der Waals surface area (Å²) in [5.41, 5.74) is 0.784. The Labute approximate surface area is 150 Å². The minimum atomic E-state index is -0.504. The highest BCUT2D eigenvalue weighted by Crippen LogP contribution is 2.30. The van der Waals surface area contributed by atoms with Gasteiger partial charge in [-0.1, -0.05) is 36.4 Å². The third kappa shape index (κ3) is 3.04. The van der Waals surface area contributed by atoms with Crippen LogP contribution in [-0.4, -0.2) is 35.5 Å². The summed E-state index contributed by atoms with van der Waals surface area (Å²) >= 11 is 5.06. The summed E-state index contributed by atoms with van der Waals surface area (Å²) in [4.78, 5) is 26.2. The molecule has 2 amide bonds. The van der Waals surface area contributed by atoms with Gasteiger partial charge < -0.3 is 4.74 Å². The smallest absolute Gasteiger partial charge is 0.265 e. The molecule has 1 aliphatic rings. The number of nitrogens with one attached hydrogen (secondary N) is 1. The van der Waals surface area contributed by atoms with E-state index in [9.17, 15) is 9.59 Å². The number of thiocarbonyl (C=S) groups is 1. The Balaban J connectivity index is 2.12. The largest absolute Gasteiger partial charge is 0.496 e. The second-order valence-electron chi connectivity index (χ2n) is 5.42. The molecule has 0 saturated carbocycles. The van der Waals surface area contributed by atoms with Gasteiger partial charge in [0.15, 0.2) is 5.11 Å². The summed E-state index contributed by atoms with van der Waals surface area (Å²) in [6.45, 7) is 3.85. The number of rotatable bonds is 4. The Morgan fingerprint density at radius 3 is 2.60 bits per heavy atom. The minimum absolute atomic E-state index is 0.0331. The molecule has 1 N–H and O–H groups in total. The number of amides is 2. The van der Waals surface area contributed by atoms with Crippen molar-refractivity contribution in [2.75, 3.05) is 13.7 Å². The molecule has 25 heavy (non-hydrogen) atoms. The summed E-state index contributed by atoms with van der Waals surface area (Å²) in [5, 5.41) is 4.42. The van der Waals surface area contributed by atoms with Crippen molar-refractivity contribution in [2.45, 2.75) is 0 Å². The van der Waals surface area contributed by atoms with E-state index in [-0.39, 0.29) is 17.2 Å². The zero-order valence-electron chi connectivity index (χ0n) is 13.6. The highest BCUT2D eigenvalue weighted by atomic mass is 32.1. The minimum Gasteiger partial charge on any atom is -0.496 e. The second-order valence-corrected chi connectivity index (χ2v) is 5.81. The molecule has 1 aliphatic heterocycles. The van der Waals surface area contributed by atoms with E-state index in [4.69, 9.17) is 17.0 Å². The van der Waals surface area contributed by atoms with Crippen molar-refractivity contribution in [3.8, 4) is 5.75 Å². The normalized spacial score (nSPS) is 16.3. The van der Waals surface area contributed by atoms with Crippen molar-refractivity contribution < 1.29 is 14.3 Å². The van der Waals surface area contributed by atoms with Crippen LogP contribution >= 0.6 is 12.2 Å². The third-order valence-corrected chi connectivity index (χ3v) is 4.26. The van der Waals surface area contributed by atoms with Gasteiger partial charge in [-0.25, -0.2) is 0 Å². The topological polar surface area (TPSA) is 58.6 Å². The fourth-order valence-corrected chi connectivity index (χ4v) is 2.99. The number of nitrogens with zero attached hydrogens (tertiary/aromatic N) is 1. The zero-order valence-corrected chi connectivity index (χ0v) is 14.4. The summed E-state index contributed by atoms with van der Waals surface area (Å²) < 4.78 is 5.37. The van der Waals surface area contributed by atoms with Crippen molar-refractivity contribution in [2.24, 2.45) is 0 Å². The molecule has 0 unspecified atom stereocenters. The number of ether oxygens (including phenoxy) is 1. The zero-order chi connectivity index (χ0) is 18.0. The monoisotopic (exact) mass is 352 g/mol. The molecule has 0 bridgehead atoms. The maximum absolute atomic E-state index is 12.6. The first-order valence-corrected chi connectivity index (χ1v) is 8.03. The molecule has 0 atom stereocenters. The standard InChI is InChI=1S/C19H16N2O3S/c1-3-10-21-18(23)15(17(22)20-19(21)25)11-12-8-9-16(24-2)14-7-5-4-6-13(12)14/h3-9,11H,1,10H2,2H3,(H,20,22,25)/b15-11-. The molecule has 1 heterocycles. The molecule has 0 aliphatic carbocycles. The maximum atomic E-state index is 12.6. The lowest BCUT2D eigenvalue weighted by molar-refractivity contribution is -0.128. The lowest BCUT2D eigenvalue weighted by atomic mass is 10.0. The Morgan fingerprint density at radius 1 is 1.20 bits per heavy atom. The SMILES string of the molecule is C=CCN1C(=O)/C(=C\c2ccc(OC)c3ccccc23)C(=O)NC1=S. The van der Waals surface area contributed by atoms with E-state index in [1.54, 1.807) is 19.3 Å². The predicted molar refractivity (Wildman–Crippen MR) is 101 cm³/mol. The van der Waals surface area contributed by atoms with Crippen molar-refractivity contribution in [1.29, 1.82) is 0 Å². The molecule has 0 spiro atoms. The molecule has 0 radical (unpaired) electrons. The summed E-state index contributed by atoms with van der Waals surface area (Å²) in [6.07, 6.45) is 3.14. The van der Waals surface area contributed by atoms with Crippen LogP contribution < -0.4 is 10.1 Å². The van der Waals surface area contributed by atoms with Crippen LogP contribution in [0.4, 0.5) is 0 Å². The first-order valence-electron chi connectivity index (χ1n) is 7.62. The van der Waals surface area contributed by atoms with Gasteiger partial charge in [0.1, 0.15) is 11.3 Å². The molecular weight excluding hydrogens is 336 g/mol. The van der Waals surface area contributed by atoms with Crippen LogP contribution in [0.5, 0.6) is 5.75 Å². The molecule has 1 saturated heterocycles. The van der Waals surface area contributed by atoms with E-state index in [1.165, 1.54) is 4.90 Å². The van der Waals surface area contributed by atoms with Gasteiger partial charge in [0.05, 0.1) is 7.11 Å². The summed E-state index contributed by atoms with van der Waals surface area (Å²) in [5.74, 6) is -0.213. The first kappa shape index (κ1) is 16.9. The molecule has 5 nitrogen and oxygen atoms in total. The van der Waals surface area contributed by atoms with Crippen LogP contribution in [0.25, 0.3) is 16.8 Å². The molecule has 0 aromatic heterocycles. The van der Waals surface area contributed by atoms with Crippen molar-refractivity contribution >= 4 is 46.0 Å². The lowest BCUT2D eigenvalue weighted by Crippen LogP contribution is -2.53. The van der Waals surface area contributed by atoms with E-state index in [0.717, 1.165) is 22.1 Å². The Bertz CT molecular complexity index is 933. The third-order valence-electron chi connectivity index (χ3n) is 3.94. The van der Waals surface area contributed by atoms with Crippen LogP contribution in [0.2, 0.25) is 0 Å². The number of carbonyl (C=O) groups is 2. The summed E-state index contributed by atoms with van der Waals surface area (Å²) in [7, 11) is 1.60. The quantitative estimate of drug-likeness (QED) is 0.398. The predicted octanol–water partition coefficient (Wildman–Crippen LogP) is 2.66. The fourth-order valence-electron chi connectivity index (χ4n) is 2.74. The first-order chi connectivity index (χ1) is 12.1. The Morgan fingerprint density at radius 2 is 1.92 bits per heavy atom. The highest BCUT2D eigenvalue weighted by Gasteiger charge is 2.32. The van der Waals surface area contributed by atoms with Crippen LogP contribution in [0.1, 0.15) is 5.56 Å². The number of benzene rings is 2. The number of carbonyl (C=O) groups excluding carboxylic acids is 2. The molecular formula is C19H16N2O3S. The number of hydrogen-bond donors (Lipinski definition) is 1. The van der Waals surface area contributed by atoms with Gasteiger partial charge in [-0.05, 0) is 35.3 Å². The van der Waals surface area contributed by atoms with E-state index in [0.29, 0.717) is 0 Å². The van der Waals surface area contributed by atoms with Gasteiger partial charge in [-0.2, -0.15) is 0 Å². The van der Waals surface area contributed by atoms with E-state index >= 15 is 0 Å². The highest BCUT2D eigenvalue weighted by molar-refractivity contribution is 7.80. The summed E-state index contributed by atoms with van der Waals surface area (Å²) in [6, 6.07) is 11.3. The average molecular weight is 352 g/mol. The number of fused-ring (bicyclic) bond motifs is 1. The second kappa shape index (κ2) is 6.86. The van der Waals surface area contributed by atoms with Gasteiger partial charge in [0.25, 0.3) is 11.8 Å². The average Bonchev–Trinajstić information content (AvgIpc) is 2.62. The van der Waals surface area contributed by atoms with Gasteiger partial charge in [-0.15, -0.1) is 6.58 Å². The fraction of sp³-hybridized carbons (Fsp3) is 0.105. The van der Waals surface area contributed by atoms with Gasteiger partial charge >= 0.3 is 0 Å². The van der Waals surface area contributed by atoms with E-state index in [1.807, 2.05) is 36.4 Å². The Kier molecular flexibility index (Phi) is 4.63. The number of methoxy groups -OCH3 is 1. The van der Waals surface area contributed by atoms with Crippen LogP contribution in [0.15, 0.2) is 54.6 Å². The molecule has 3 rings (SSSR count). The molecule has 6 heteroatoms. The van der Waals surface area contributed by atoms with Crippen molar-refractivity contribution in [3.05, 3.63) is 60.2 Å². The molecule has 126 valence electrons.